The van der Waals surface area contributed by atoms with Crippen molar-refractivity contribution in [2.75, 3.05) is 5.73 Å². The van der Waals surface area contributed by atoms with Crippen molar-refractivity contribution in [2.45, 2.75) is 0 Å². The number of anilines is 1. The van der Waals surface area contributed by atoms with E-state index < -0.39 is 11.6 Å². The summed E-state index contributed by atoms with van der Waals surface area (Å²) in [7, 11) is 1.79. The first-order valence-electron chi connectivity index (χ1n) is 7.52. The Kier molecular flexibility index (Phi) is 3.64. The van der Waals surface area contributed by atoms with Gasteiger partial charge in [0.1, 0.15) is 11.5 Å². The van der Waals surface area contributed by atoms with E-state index in [-0.39, 0.29) is 17.3 Å². The molecule has 0 atom stereocenters. The monoisotopic (exact) mass is 354 g/mol. The normalized spacial score (nSPS) is 11.0. The van der Waals surface area contributed by atoms with Gasteiger partial charge >= 0.3 is 0 Å². The zero-order chi connectivity index (χ0) is 18.3. The van der Waals surface area contributed by atoms with Crippen LogP contribution in [0, 0.1) is 11.6 Å². The molecule has 0 aliphatic carbocycles. The van der Waals surface area contributed by atoms with Crippen molar-refractivity contribution >= 4 is 5.82 Å². The van der Waals surface area contributed by atoms with Crippen molar-refractivity contribution in [1.82, 2.24) is 35.0 Å². The predicted octanol–water partition coefficient (Wildman–Crippen LogP) is 1.99. The largest absolute Gasteiger partial charge is 0.383 e. The average Bonchev–Trinajstić information content (AvgIpc) is 3.27. The van der Waals surface area contributed by atoms with Crippen LogP contribution in [-0.2, 0) is 7.05 Å². The third kappa shape index (κ3) is 2.57. The second-order valence-electron chi connectivity index (χ2n) is 5.55. The van der Waals surface area contributed by atoms with Crippen LogP contribution in [0.3, 0.4) is 0 Å². The van der Waals surface area contributed by atoms with Gasteiger partial charge < -0.3 is 5.73 Å². The van der Waals surface area contributed by atoms with Gasteiger partial charge in [-0.1, -0.05) is 6.07 Å². The van der Waals surface area contributed by atoms with Gasteiger partial charge in [0.15, 0.2) is 17.5 Å². The molecule has 0 aliphatic heterocycles. The fourth-order valence-corrected chi connectivity index (χ4v) is 2.56. The van der Waals surface area contributed by atoms with Crippen LogP contribution in [0.15, 0.2) is 42.9 Å². The molecule has 8 nitrogen and oxygen atoms in total. The fourth-order valence-electron chi connectivity index (χ4n) is 2.56. The molecule has 10 heteroatoms. The van der Waals surface area contributed by atoms with Gasteiger partial charge in [0.25, 0.3) is 0 Å². The predicted molar refractivity (Wildman–Crippen MR) is 88.9 cm³/mol. The Morgan fingerprint density at radius 3 is 2.73 bits per heavy atom. The van der Waals surface area contributed by atoms with Crippen LogP contribution in [0.5, 0.6) is 0 Å². The number of nitrogens with zero attached hydrogens (tertiary/aromatic N) is 7. The van der Waals surface area contributed by atoms with Crippen LogP contribution < -0.4 is 5.73 Å². The Morgan fingerprint density at radius 1 is 1.12 bits per heavy atom. The number of tetrazole rings is 1. The molecule has 0 fully saturated rings. The van der Waals surface area contributed by atoms with Crippen LogP contribution in [-0.4, -0.2) is 35.0 Å². The highest BCUT2D eigenvalue weighted by molar-refractivity contribution is 5.76. The lowest BCUT2D eigenvalue weighted by Gasteiger charge is -2.09. The standard InChI is InChI=1S/C16H12F2N8/c1-25-8-10(7-21-25)9-5-11(15(19)20-6-9)16-22-23-24-26(16)13-4-2-3-12(17)14(13)18/h2-8H,1H3,(H2,19,20). The minimum Gasteiger partial charge on any atom is -0.383 e. The topological polar surface area (TPSA) is 100 Å². The lowest BCUT2D eigenvalue weighted by atomic mass is 10.1. The van der Waals surface area contributed by atoms with Gasteiger partial charge in [0, 0.05) is 30.6 Å². The molecule has 0 bridgehead atoms. The molecule has 0 amide bonds. The molecule has 3 heterocycles. The van der Waals surface area contributed by atoms with Crippen LogP contribution in [0.4, 0.5) is 14.6 Å². The summed E-state index contributed by atoms with van der Waals surface area (Å²) >= 11 is 0. The minimum atomic E-state index is -1.06. The molecule has 4 rings (SSSR count). The van der Waals surface area contributed by atoms with E-state index in [9.17, 15) is 8.78 Å². The van der Waals surface area contributed by atoms with Crippen molar-refractivity contribution in [1.29, 1.82) is 0 Å². The molecule has 3 aromatic heterocycles. The van der Waals surface area contributed by atoms with E-state index in [4.69, 9.17) is 5.73 Å². The van der Waals surface area contributed by atoms with Crippen LogP contribution in [0.25, 0.3) is 28.2 Å². The van der Waals surface area contributed by atoms with Crippen molar-refractivity contribution < 1.29 is 8.78 Å². The summed E-state index contributed by atoms with van der Waals surface area (Å²) in [5.41, 5.74) is 7.78. The highest BCUT2D eigenvalue weighted by atomic mass is 19.2. The van der Waals surface area contributed by atoms with Gasteiger partial charge in [-0.2, -0.15) is 9.78 Å². The van der Waals surface area contributed by atoms with Gasteiger partial charge in [0.2, 0.25) is 0 Å². The van der Waals surface area contributed by atoms with Crippen molar-refractivity contribution in [3.05, 3.63) is 54.5 Å². The lowest BCUT2D eigenvalue weighted by molar-refractivity contribution is 0.501. The molecule has 1 aromatic carbocycles. The maximum Gasteiger partial charge on any atom is 0.190 e. The third-order valence-electron chi connectivity index (χ3n) is 3.83. The van der Waals surface area contributed by atoms with Crippen LogP contribution in [0.2, 0.25) is 0 Å². The molecule has 4 aromatic rings. The Labute approximate surface area is 145 Å². The third-order valence-corrected chi connectivity index (χ3v) is 3.83. The number of hydrogen-bond acceptors (Lipinski definition) is 6. The van der Waals surface area contributed by atoms with Gasteiger partial charge in [-0.15, -0.1) is 5.10 Å². The van der Waals surface area contributed by atoms with E-state index in [1.54, 1.807) is 30.2 Å². The zero-order valence-corrected chi connectivity index (χ0v) is 13.5. The van der Waals surface area contributed by atoms with Crippen LogP contribution >= 0.6 is 0 Å². The zero-order valence-electron chi connectivity index (χ0n) is 13.5. The molecule has 0 spiro atoms. The second-order valence-corrected chi connectivity index (χ2v) is 5.55. The first-order chi connectivity index (χ1) is 12.5. The highest BCUT2D eigenvalue weighted by Gasteiger charge is 2.19. The number of halogens is 2. The Balaban J connectivity index is 1.87. The summed E-state index contributed by atoms with van der Waals surface area (Å²) in [6, 6.07) is 5.47. The van der Waals surface area contributed by atoms with Crippen molar-refractivity contribution in [2.24, 2.45) is 7.05 Å². The molecule has 0 aliphatic rings. The number of rotatable bonds is 3. The molecule has 0 saturated carbocycles. The summed E-state index contributed by atoms with van der Waals surface area (Å²) < 4.78 is 30.5. The van der Waals surface area contributed by atoms with E-state index in [1.165, 1.54) is 12.1 Å². The summed E-state index contributed by atoms with van der Waals surface area (Å²) in [6.07, 6.45) is 5.07. The maximum absolute atomic E-state index is 14.2. The van der Waals surface area contributed by atoms with E-state index in [2.05, 4.69) is 25.6 Å². The highest BCUT2D eigenvalue weighted by Crippen LogP contribution is 2.29. The molecular weight excluding hydrogens is 342 g/mol. The second kappa shape index (κ2) is 5.99. The van der Waals surface area contributed by atoms with Crippen LogP contribution in [0.1, 0.15) is 0 Å². The molecule has 26 heavy (non-hydrogen) atoms. The molecule has 0 saturated heterocycles. The smallest absolute Gasteiger partial charge is 0.190 e. The summed E-state index contributed by atoms with van der Waals surface area (Å²) in [6.45, 7) is 0. The van der Waals surface area contributed by atoms with Gasteiger partial charge in [0.05, 0.1) is 11.8 Å². The number of pyridine rings is 1. The van der Waals surface area contributed by atoms with E-state index >= 15 is 0 Å². The Bertz CT molecular complexity index is 1100. The molecule has 0 unspecified atom stereocenters. The number of aromatic nitrogens is 7. The van der Waals surface area contributed by atoms with Crippen molar-refractivity contribution in [3.8, 4) is 28.2 Å². The molecule has 130 valence electrons. The molecular formula is C16H12F2N8. The number of hydrogen-bond donors (Lipinski definition) is 1. The quantitative estimate of drug-likeness (QED) is 0.604. The number of nitrogen functional groups attached to an aromatic ring is 1. The number of aryl methyl sites for hydroxylation is 1. The van der Waals surface area contributed by atoms with Gasteiger partial charge in [-0.05, 0) is 28.6 Å². The fraction of sp³-hybridized carbons (Fsp3) is 0.0625. The van der Waals surface area contributed by atoms with Crippen molar-refractivity contribution in [3.63, 3.8) is 0 Å². The molecule has 2 N–H and O–H groups in total. The van der Waals surface area contributed by atoms with E-state index in [1.807, 2.05) is 6.20 Å². The summed E-state index contributed by atoms with van der Waals surface area (Å²) in [5.74, 6) is -1.76. The SMILES string of the molecule is Cn1cc(-c2cnc(N)c(-c3nnnn3-c3cccc(F)c3F)c2)cn1. The first-order valence-corrected chi connectivity index (χ1v) is 7.52. The lowest BCUT2D eigenvalue weighted by Crippen LogP contribution is -2.06. The summed E-state index contributed by atoms with van der Waals surface area (Å²) in [5, 5.41) is 15.4. The van der Waals surface area contributed by atoms with E-state index in [0.717, 1.165) is 21.9 Å². The van der Waals surface area contributed by atoms with Gasteiger partial charge in [-0.25, -0.2) is 13.8 Å². The summed E-state index contributed by atoms with van der Waals surface area (Å²) in [4.78, 5) is 4.16. The van der Waals surface area contributed by atoms with E-state index in [0.29, 0.717) is 5.56 Å². The maximum atomic E-state index is 14.2. The number of benzene rings is 1. The minimum absolute atomic E-state index is 0.129. The van der Waals surface area contributed by atoms with Gasteiger partial charge in [-0.3, -0.25) is 4.68 Å². The average molecular weight is 354 g/mol. The molecule has 0 radical (unpaired) electrons. The Morgan fingerprint density at radius 2 is 1.96 bits per heavy atom. The Hall–Kier alpha value is -3.69. The first kappa shape index (κ1) is 15.8. The number of nitrogens with two attached hydrogens (primary N) is 1.